The van der Waals surface area contributed by atoms with Gasteiger partial charge in [0, 0.05) is 33.9 Å². The van der Waals surface area contributed by atoms with Crippen molar-refractivity contribution < 1.29 is 24.5 Å². The van der Waals surface area contributed by atoms with Crippen LogP contribution in [0.1, 0.15) is 27.4 Å². The van der Waals surface area contributed by atoms with E-state index in [9.17, 15) is 19.8 Å². The van der Waals surface area contributed by atoms with E-state index in [1.54, 1.807) is 42.5 Å². The summed E-state index contributed by atoms with van der Waals surface area (Å²) in [4.78, 5) is 23.9. The fourth-order valence-corrected chi connectivity index (χ4v) is 5.04. The maximum absolute atomic E-state index is 12.0. The Morgan fingerprint density at radius 3 is 2.64 bits per heavy atom. The van der Waals surface area contributed by atoms with Gasteiger partial charge in [0.05, 0.1) is 5.97 Å². The summed E-state index contributed by atoms with van der Waals surface area (Å²) in [7, 11) is 0. The van der Waals surface area contributed by atoms with Crippen LogP contribution >= 0.6 is 0 Å². The lowest BCUT2D eigenvalue weighted by atomic mass is 9.72. The van der Waals surface area contributed by atoms with Crippen molar-refractivity contribution in [1.29, 1.82) is 0 Å². The van der Waals surface area contributed by atoms with Crippen molar-refractivity contribution in [2.75, 3.05) is 0 Å². The van der Waals surface area contributed by atoms with Gasteiger partial charge >= 0.3 is 0 Å². The summed E-state index contributed by atoms with van der Waals surface area (Å²) in [5, 5.41) is 25.4. The number of ether oxygens (including phenoxy) is 1. The Morgan fingerprint density at radius 2 is 1.79 bits per heavy atom. The number of ketones is 1. The number of hydrogen-bond donors (Lipinski definition) is 0. The molecule has 0 fully saturated rings. The van der Waals surface area contributed by atoms with Gasteiger partial charge in [-0.2, -0.15) is 0 Å². The molecule has 160 valence electrons. The van der Waals surface area contributed by atoms with Gasteiger partial charge in [-0.25, -0.2) is 0 Å². The normalized spacial score (nSPS) is 20.6. The third-order valence-corrected chi connectivity index (χ3v) is 6.47. The molecule has 3 aromatic rings. The minimum atomic E-state index is -1.24. The highest BCUT2D eigenvalue weighted by Gasteiger charge is 2.40. The third-order valence-electron chi connectivity index (χ3n) is 6.47. The fraction of sp³-hybridized carbons (Fsp3) is 0.0714. The maximum atomic E-state index is 12.0. The van der Waals surface area contributed by atoms with Crippen LogP contribution in [0, 0.1) is 5.92 Å². The Kier molecular flexibility index (Phi) is 4.14. The summed E-state index contributed by atoms with van der Waals surface area (Å²) in [6.07, 6.45) is 8.65. The summed E-state index contributed by atoms with van der Waals surface area (Å²) >= 11 is 0. The van der Waals surface area contributed by atoms with Crippen molar-refractivity contribution in [2.45, 2.75) is 5.92 Å². The second kappa shape index (κ2) is 7.07. The highest BCUT2D eigenvalue weighted by atomic mass is 16.5. The van der Waals surface area contributed by atoms with Gasteiger partial charge in [-0.3, -0.25) is 4.79 Å². The second-order valence-corrected chi connectivity index (χ2v) is 8.32. The van der Waals surface area contributed by atoms with Crippen LogP contribution in [0.3, 0.4) is 0 Å². The van der Waals surface area contributed by atoms with Gasteiger partial charge in [0.25, 0.3) is 0 Å². The Bertz CT molecular complexity index is 1500. The molecule has 0 saturated carbocycles. The molecule has 0 bridgehead atoms. The van der Waals surface area contributed by atoms with E-state index < -0.39 is 5.97 Å². The Morgan fingerprint density at radius 1 is 0.939 bits per heavy atom. The predicted octanol–water partition coefficient (Wildman–Crippen LogP) is 3.31. The molecule has 5 nitrogen and oxygen atoms in total. The van der Waals surface area contributed by atoms with Gasteiger partial charge in [-0.05, 0) is 34.8 Å². The van der Waals surface area contributed by atoms with Crippen molar-refractivity contribution in [2.24, 2.45) is 5.92 Å². The number of fused-ring (bicyclic) bond motifs is 5. The highest BCUT2D eigenvalue weighted by molar-refractivity contribution is 6.03. The number of carboxylic acids is 1. The van der Waals surface area contributed by atoms with E-state index in [-0.39, 0.29) is 28.9 Å². The molecule has 3 aliphatic rings. The number of rotatable bonds is 2. The van der Waals surface area contributed by atoms with Gasteiger partial charge in [0.2, 0.25) is 0 Å². The minimum absolute atomic E-state index is 0.0964. The molecule has 1 aliphatic heterocycles. The van der Waals surface area contributed by atoms with E-state index in [2.05, 4.69) is 0 Å². The van der Waals surface area contributed by atoms with Crippen LogP contribution in [-0.4, -0.2) is 11.8 Å². The quantitative estimate of drug-likeness (QED) is 0.620. The van der Waals surface area contributed by atoms with E-state index in [1.807, 2.05) is 30.4 Å². The molecule has 5 heteroatoms. The summed E-state index contributed by atoms with van der Waals surface area (Å²) in [5.74, 6) is -0.836. The monoisotopic (exact) mass is 432 g/mol. The van der Waals surface area contributed by atoms with E-state index in [0.29, 0.717) is 17.1 Å². The van der Waals surface area contributed by atoms with E-state index in [0.717, 1.165) is 27.5 Å². The first-order valence-electron chi connectivity index (χ1n) is 10.6. The van der Waals surface area contributed by atoms with Gasteiger partial charge in [0.1, 0.15) is 11.5 Å². The number of carbonyl (C=O) groups is 2. The average molecular weight is 432 g/mol. The lowest BCUT2D eigenvalue weighted by molar-refractivity contribution is -0.268. The summed E-state index contributed by atoms with van der Waals surface area (Å²) in [5.41, 5.74) is 3.13. The van der Waals surface area contributed by atoms with Crippen LogP contribution in [0.4, 0.5) is 0 Å². The third kappa shape index (κ3) is 2.93. The van der Waals surface area contributed by atoms with Crippen molar-refractivity contribution in [3.8, 4) is 11.5 Å². The molecule has 6 rings (SSSR count). The molecule has 1 heterocycles. The number of benzene rings is 3. The predicted molar refractivity (Wildman–Crippen MR) is 119 cm³/mol. The van der Waals surface area contributed by atoms with Crippen LogP contribution in [-0.2, 0) is 4.79 Å². The van der Waals surface area contributed by atoms with Gasteiger partial charge in [0.15, 0.2) is 5.78 Å². The zero-order valence-electron chi connectivity index (χ0n) is 17.3. The van der Waals surface area contributed by atoms with Gasteiger partial charge in [-0.15, -0.1) is 5.75 Å². The number of allylic oxidation sites excluding steroid dienone is 7. The summed E-state index contributed by atoms with van der Waals surface area (Å²) < 4.78 is 6.51. The van der Waals surface area contributed by atoms with Crippen molar-refractivity contribution >= 4 is 22.5 Å². The second-order valence-electron chi connectivity index (χ2n) is 8.32. The van der Waals surface area contributed by atoms with Crippen molar-refractivity contribution in [1.82, 2.24) is 0 Å². The molecule has 0 saturated heterocycles. The minimum Gasteiger partial charge on any atom is -0.872 e. The van der Waals surface area contributed by atoms with Crippen molar-refractivity contribution in [3.05, 3.63) is 119 Å². The highest BCUT2D eigenvalue weighted by Crippen LogP contribution is 2.52. The van der Waals surface area contributed by atoms with E-state index in [4.69, 9.17) is 4.74 Å². The topological polar surface area (TPSA) is 89.5 Å². The number of carbonyl (C=O) groups excluding carboxylic acids is 2. The molecule has 0 N–H and O–H groups in total. The van der Waals surface area contributed by atoms with Gasteiger partial charge in [-0.1, -0.05) is 66.7 Å². The summed E-state index contributed by atoms with van der Waals surface area (Å²) in [6.45, 7) is 0. The first kappa shape index (κ1) is 19.3. The molecule has 33 heavy (non-hydrogen) atoms. The van der Waals surface area contributed by atoms with Crippen LogP contribution in [0.15, 0.2) is 102 Å². The molecule has 0 amide bonds. The summed E-state index contributed by atoms with van der Waals surface area (Å²) in [6, 6.07) is 15.4. The van der Waals surface area contributed by atoms with Crippen LogP contribution < -0.4 is 14.9 Å². The molecule has 0 radical (unpaired) electrons. The molecule has 2 atom stereocenters. The molecular weight excluding hydrogens is 416 g/mol. The van der Waals surface area contributed by atoms with Gasteiger partial charge < -0.3 is 19.7 Å². The van der Waals surface area contributed by atoms with E-state index >= 15 is 0 Å². The van der Waals surface area contributed by atoms with E-state index in [1.165, 1.54) is 12.1 Å². The maximum Gasteiger partial charge on any atom is 0.179 e. The number of carboxylic acid groups (broad SMARTS) is 1. The van der Waals surface area contributed by atoms with Crippen LogP contribution in [0.2, 0.25) is 0 Å². The number of aromatic carboxylic acids is 1. The average Bonchev–Trinajstić information content (AvgIpc) is 2.82. The first-order valence-corrected chi connectivity index (χ1v) is 10.6. The lowest BCUT2D eigenvalue weighted by Gasteiger charge is -2.39. The Labute approximate surface area is 189 Å². The zero-order valence-corrected chi connectivity index (χ0v) is 17.3. The molecule has 0 spiro atoms. The largest absolute Gasteiger partial charge is 0.872 e. The van der Waals surface area contributed by atoms with Crippen molar-refractivity contribution in [3.63, 3.8) is 0 Å². The number of hydrogen-bond acceptors (Lipinski definition) is 5. The molecular formula is C28H16O5-2. The zero-order chi connectivity index (χ0) is 22.7. The Hall–Kier alpha value is -4.38. The van der Waals surface area contributed by atoms with Crippen LogP contribution in [0.25, 0.3) is 10.8 Å². The molecule has 2 unspecified atom stereocenters. The first-order chi connectivity index (χ1) is 16.0. The van der Waals surface area contributed by atoms with Crippen LogP contribution in [0.5, 0.6) is 11.5 Å². The molecule has 2 aliphatic carbocycles. The molecule has 3 aromatic carbocycles. The lowest BCUT2D eigenvalue weighted by Crippen LogP contribution is -2.30. The smallest absolute Gasteiger partial charge is 0.179 e. The molecule has 0 aromatic heterocycles. The Balaban J connectivity index is 1.67. The fourth-order valence-electron chi connectivity index (χ4n) is 5.04. The SMILES string of the molecule is O=C1C=CC2=C3Oc4c(ccc5cc([O-])ccc45)C(c4ccccc4C(=O)[O-])C3C=CC2=C1. The standard InChI is InChI=1S/C28H18O5/c29-17-7-11-19-15(13-17)5-9-23-25(21-3-1-2-4-22(21)28(31)32)24-10-6-16-14-18(30)8-12-20(16)27(24)33-26(19)23/h1-14,23,25,30H,(H,31,32)/p-2.